The molecule has 3 rings (SSSR count). The minimum absolute atomic E-state index is 0.0490. The first kappa shape index (κ1) is 20.4. The van der Waals surface area contributed by atoms with E-state index in [9.17, 15) is 9.59 Å². The number of rotatable bonds is 6. The average molecular weight is 403 g/mol. The molecular weight excluding hydrogens is 374 g/mol. The zero-order valence-corrected chi connectivity index (χ0v) is 17.6. The number of quaternary nitrogens is 1. The lowest BCUT2D eigenvalue weighted by Crippen LogP contribution is -3.03. The summed E-state index contributed by atoms with van der Waals surface area (Å²) in [5, 5.41) is 5.74. The van der Waals surface area contributed by atoms with Crippen LogP contribution in [0.25, 0.3) is 0 Å². The molecular formula is C21H28N3O3S+. The highest BCUT2D eigenvalue weighted by Gasteiger charge is 2.45. The van der Waals surface area contributed by atoms with E-state index >= 15 is 0 Å². The quantitative estimate of drug-likeness (QED) is 0.692. The van der Waals surface area contributed by atoms with E-state index in [2.05, 4.69) is 38.3 Å². The van der Waals surface area contributed by atoms with Crippen molar-refractivity contribution in [1.82, 2.24) is 0 Å². The van der Waals surface area contributed by atoms with E-state index in [4.69, 9.17) is 10.5 Å². The first-order valence-electron chi connectivity index (χ1n) is 9.40. The number of thiophene rings is 1. The Morgan fingerprint density at radius 3 is 2.54 bits per heavy atom. The number of ether oxygens (including phenoxy) is 1. The van der Waals surface area contributed by atoms with Crippen molar-refractivity contribution in [2.75, 3.05) is 11.9 Å². The van der Waals surface area contributed by atoms with Crippen LogP contribution in [0.3, 0.4) is 0 Å². The van der Waals surface area contributed by atoms with Gasteiger partial charge in [-0.25, -0.2) is 0 Å². The Morgan fingerprint density at radius 1 is 1.21 bits per heavy atom. The fourth-order valence-corrected chi connectivity index (χ4v) is 5.33. The van der Waals surface area contributed by atoms with Crippen LogP contribution in [-0.2, 0) is 16.8 Å². The molecule has 1 aliphatic rings. The second kappa shape index (κ2) is 7.56. The standard InChI is InChI=1S/C21H27N3O3S/c1-20(2)12-14-16(18(22)26)19(28-17(14)21(3,4)24-20)23-15(25)10-11-27-13-8-6-5-7-9-13/h5-9,24H,10-12H2,1-4H3,(H2,22,26)(H,23,25)/p+1. The zero-order valence-electron chi connectivity index (χ0n) is 16.8. The molecule has 2 aromatic rings. The van der Waals surface area contributed by atoms with E-state index in [1.807, 2.05) is 30.3 Å². The summed E-state index contributed by atoms with van der Waals surface area (Å²) in [5.74, 6) is 0.0270. The molecule has 0 fully saturated rings. The van der Waals surface area contributed by atoms with Crippen molar-refractivity contribution < 1.29 is 19.6 Å². The summed E-state index contributed by atoms with van der Waals surface area (Å²) in [5.41, 5.74) is 6.87. The SMILES string of the molecule is CC1(C)Cc2c(sc(NC(=O)CCOc3ccccc3)c2C(N)=O)C(C)(C)[NH2+]1. The Hall–Kier alpha value is -2.38. The number of hydrogen-bond donors (Lipinski definition) is 3. The molecule has 1 aromatic heterocycles. The van der Waals surface area contributed by atoms with E-state index in [0.717, 1.165) is 22.6 Å². The molecule has 1 aromatic carbocycles. The lowest BCUT2D eigenvalue weighted by Gasteiger charge is -2.38. The maximum Gasteiger partial charge on any atom is 0.252 e. The first-order valence-corrected chi connectivity index (χ1v) is 10.2. The summed E-state index contributed by atoms with van der Waals surface area (Å²) >= 11 is 1.45. The molecule has 2 amide bonds. The van der Waals surface area contributed by atoms with Crippen molar-refractivity contribution in [2.45, 2.75) is 51.6 Å². The van der Waals surface area contributed by atoms with E-state index in [1.165, 1.54) is 11.3 Å². The van der Waals surface area contributed by atoms with Gasteiger partial charge in [-0.3, -0.25) is 9.59 Å². The third kappa shape index (κ3) is 4.36. The molecule has 0 unspecified atom stereocenters. The Bertz CT molecular complexity index is 888. The molecule has 5 N–H and O–H groups in total. The molecule has 150 valence electrons. The van der Waals surface area contributed by atoms with Crippen molar-refractivity contribution in [3.8, 4) is 5.75 Å². The monoisotopic (exact) mass is 402 g/mol. The van der Waals surface area contributed by atoms with Crippen LogP contribution in [0.5, 0.6) is 5.75 Å². The van der Waals surface area contributed by atoms with Crippen molar-refractivity contribution in [2.24, 2.45) is 5.73 Å². The van der Waals surface area contributed by atoms with E-state index in [0.29, 0.717) is 10.6 Å². The summed E-state index contributed by atoms with van der Waals surface area (Å²) in [4.78, 5) is 25.7. The smallest absolute Gasteiger partial charge is 0.252 e. The summed E-state index contributed by atoms with van der Waals surface area (Å²) < 4.78 is 5.58. The number of para-hydroxylation sites is 1. The third-order valence-corrected chi connectivity index (χ3v) is 6.30. The number of nitrogens with two attached hydrogens (primary N) is 2. The maximum absolute atomic E-state index is 12.4. The molecule has 0 spiro atoms. The zero-order chi connectivity index (χ0) is 20.5. The second-order valence-electron chi connectivity index (χ2n) is 8.47. The summed E-state index contributed by atoms with van der Waals surface area (Å²) in [6.07, 6.45) is 0.921. The van der Waals surface area contributed by atoms with Crippen LogP contribution < -0.4 is 21.1 Å². The van der Waals surface area contributed by atoms with Gasteiger partial charge in [0.25, 0.3) is 5.91 Å². The number of carbonyl (C=O) groups excluding carboxylic acids is 2. The van der Waals surface area contributed by atoms with Gasteiger partial charge in [0.2, 0.25) is 5.91 Å². The Labute approximate surface area is 169 Å². The van der Waals surface area contributed by atoms with Gasteiger partial charge in [-0.05, 0) is 45.4 Å². The number of fused-ring (bicyclic) bond motifs is 1. The van der Waals surface area contributed by atoms with Crippen LogP contribution in [0.1, 0.15) is 54.9 Å². The number of primary amides is 1. The minimum Gasteiger partial charge on any atom is -0.493 e. The van der Waals surface area contributed by atoms with E-state index in [-0.39, 0.29) is 30.0 Å². The summed E-state index contributed by atoms with van der Waals surface area (Å²) in [6, 6.07) is 9.35. The molecule has 7 heteroatoms. The largest absolute Gasteiger partial charge is 0.493 e. The predicted molar refractivity (Wildman–Crippen MR) is 111 cm³/mol. The van der Waals surface area contributed by atoms with Crippen LogP contribution in [0.2, 0.25) is 0 Å². The van der Waals surface area contributed by atoms with Gasteiger partial charge in [-0.2, -0.15) is 0 Å². The van der Waals surface area contributed by atoms with Gasteiger partial charge >= 0.3 is 0 Å². The molecule has 0 radical (unpaired) electrons. The van der Waals surface area contributed by atoms with Crippen LogP contribution in [0.4, 0.5) is 5.00 Å². The number of nitrogens with one attached hydrogen (secondary N) is 1. The molecule has 6 nitrogen and oxygen atoms in total. The summed E-state index contributed by atoms with van der Waals surface area (Å²) in [7, 11) is 0. The highest BCUT2D eigenvalue weighted by atomic mass is 32.1. The van der Waals surface area contributed by atoms with Gasteiger partial charge in [-0.1, -0.05) is 18.2 Å². The van der Waals surface area contributed by atoms with Crippen molar-refractivity contribution in [3.63, 3.8) is 0 Å². The van der Waals surface area contributed by atoms with Gasteiger partial charge in [0.05, 0.1) is 29.0 Å². The number of benzene rings is 1. The van der Waals surface area contributed by atoms with Crippen molar-refractivity contribution in [1.29, 1.82) is 0 Å². The Kier molecular flexibility index (Phi) is 5.50. The lowest BCUT2D eigenvalue weighted by atomic mass is 9.81. The number of hydrogen-bond acceptors (Lipinski definition) is 4. The predicted octanol–water partition coefficient (Wildman–Crippen LogP) is 2.39. The highest BCUT2D eigenvalue weighted by Crippen LogP contribution is 2.41. The van der Waals surface area contributed by atoms with Gasteiger partial charge in [0, 0.05) is 6.42 Å². The van der Waals surface area contributed by atoms with Crippen LogP contribution in [0.15, 0.2) is 30.3 Å². The lowest BCUT2D eigenvalue weighted by molar-refractivity contribution is -0.789. The van der Waals surface area contributed by atoms with Gasteiger partial charge in [-0.15, -0.1) is 11.3 Å². The van der Waals surface area contributed by atoms with Gasteiger partial charge in [0.15, 0.2) is 0 Å². The fourth-order valence-electron chi connectivity index (χ4n) is 4.02. The number of anilines is 1. The molecule has 28 heavy (non-hydrogen) atoms. The first-order chi connectivity index (χ1) is 13.1. The molecule has 1 aliphatic heterocycles. The third-order valence-electron chi connectivity index (χ3n) is 4.82. The van der Waals surface area contributed by atoms with Crippen molar-refractivity contribution in [3.05, 3.63) is 46.3 Å². The average Bonchev–Trinajstić information content (AvgIpc) is 2.92. The molecule has 0 saturated heterocycles. The number of amides is 2. The van der Waals surface area contributed by atoms with E-state index in [1.54, 1.807) is 0 Å². The van der Waals surface area contributed by atoms with Crippen molar-refractivity contribution >= 4 is 28.2 Å². The summed E-state index contributed by atoms with van der Waals surface area (Å²) in [6.45, 7) is 8.83. The topological polar surface area (TPSA) is 98.0 Å². The molecule has 0 aliphatic carbocycles. The fraction of sp³-hybridized carbons (Fsp3) is 0.429. The van der Waals surface area contributed by atoms with Crippen LogP contribution in [-0.4, -0.2) is 24.0 Å². The molecule has 0 saturated carbocycles. The normalized spacial score (nSPS) is 16.9. The van der Waals surface area contributed by atoms with Gasteiger partial charge < -0.3 is 21.1 Å². The minimum atomic E-state index is -0.498. The van der Waals surface area contributed by atoms with Crippen LogP contribution in [0, 0.1) is 0 Å². The Balaban J connectivity index is 1.76. The molecule has 0 bridgehead atoms. The molecule has 2 heterocycles. The van der Waals surface area contributed by atoms with Gasteiger partial charge in [0.1, 0.15) is 16.3 Å². The molecule has 0 atom stereocenters. The second-order valence-corrected chi connectivity index (χ2v) is 9.49. The van der Waals surface area contributed by atoms with Crippen LogP contribution >= 0.6 is 11.3 Å². The highest BCUT2D eigenvalue weighted by molar-refractivity contribution is 7.17. The van der Waals surface area contributed by atoms with E-state index < -0.39 is 5.91 Å². The number of carbonyl (C=O) groups is 2. The Morgan fingerprint density at radius 2 is 1.89 bits per heavy atom. The maximum atomic E-state index is 12.4.